The Morgan fingerprint density at radius 1 is 1.56 bits per heavy atom. The van der Waals surface area contributed by atoms with Gasteiger partial charge in [0.25, 0.3) is 0 Å². The van der Waals surface area contributed by atoms with Gasteiger partial charge in [0.05, 0.1) is 6.04 Å². The molecule has 3 nitrogen and oxygen atoms in total. The van der Waals surface area contributed by atoms with Crippen molar-refractivity contribution in [2.24, 2.45) is 5.73 Å². The summed E-state index contributed by atoms with van der Waals surface area (Å²) in [5.41, 5.74) is 6.15. The molecule has 0 spiro atoms. The van der Waals surface area contributed by atoms with Gasteiger partial charge in [-0.3, -0.25) is 4.79 Å². The van der Waals surface area contributed by atoms with Crippen molar-refractivity contribution in [3.8, 4) is 0 Å². The minimum absolute atomic E-state index is 0.0863. The number of carbonyl (C=O) groups is 1. The van der Waals surface area contributed by atoms with Crippen LogP contribution in [-0.4, -0.2) is 23.9 Å². The molecular formula is C11H12ClFN2O. The maximum Gasteiger partial charge on any atom is 0.224 e. The molecule has 0 bridgehead atoms. The summed E-state index contributed by atoms with van der Waals surface area (Å²) in [6, 6.07) is 3.57. The van der Waals surface area contributed by atoms with Crippen molar-refractivity contribution in [2.75, 3.05) is 7.05 Å². The lowest BCUT2D eigenvalue weighted by molar-refractivity contribution is -0.127. The molecule has 1 aromatic rings. The smallest absolute Gasteiger partial charge is 0.224 e. The first-order chi connectivity index (χ1) is 7.52. The quantitative estimate of drug-likeness (QED) is 0.815. The molecule has 1 amide bonds. The standard InChI is InChI=1S/C11H12ClFN2O/c1-15-9(16)5-8(14)11(15)10-6(12)3-2-4-7(10)13/h2-4,8,11H,5,14H2,1H3. The third-order valence-electron chi connectivity index (χ3n) is 2.92. The van der Waals surface area contributed by atoms with Crippen LogP contribution in [0.15, 0.2) is 18.2 Å². The highest BCUT2D eigenvalue weighted by atomic mass is 35.5. The van der Waals surface area contributed by atoms with E-state index >= 15 is 0 Å². The third-order valence-corrected chi connectivity index (χ3v) is 3.25. The number of likely N-dealkylation sites (tertiary alicyclic amines) is 1. The lowest BCUT2D eigenvalue weighted by atomic mass is 10.0. The number of halogens is 2. The maximum atomic E-state index is 13.7. The molecule has 16 heavy (non-hydrogen) atoms. The second-order valence-electron chi connectivity index (χ2n) is 3.95. The highest BCUT2D eigenvalue weighted by Gasteiger charge is 2.38. The van der Waals surface area contributed by atoms with Crippen LogP contribution in [-0.2, 0) is 4.79 Å². The van der Waals surface area contributed by atoms with Crippen molar-refractivity contribution < 1.29 is 9.18 Å². The molecule has 1 fully saturated rings. The second-order valence-corrected chi connectivity index (χ2v) is 4.36. The van der Waals surface area contributed by atoms with Gasteiger partial charge in [0.2, 0.25) is 5.91 Å². The molecule has 2 N–H and O–H groups in total. The fourth-order valence-corrected chi connectivity index (χ4v) is 2.38. The first-order valence-corrected chi connectivity index (χ1v) is 5.35. The molecule has 2 unspecified atom stereocenters. The zero-order valence-electron chi connectivity index (χ0n) is 8.78. The first-order valence-electron chi connectivity index (χ1n) is 4.97. The van der Waals surface area contributed by atoms with Crippen molar-refractivity contribution in [1.29, 1.82) is 0 Å². The Morgan fingerprint density at radius 2 is 2.25 bits per heavy atom. The summed E-state index contributed by atoms with van der Waals surface area (Å²) in [5.74, 6) is -0.508. The summed E-state index contributed by atoms with van der Waals surface area (Å²) in [7, 11) is 1.61. The maximum absolute atomic E-state index is 13.7. The summed E-state index contributed by atoms with van der Waals surface area (Å²) in [5, 5.41) is 0.307. The van der Waals surface area contributed by atoms with E-state index < -0.39 is 17.9 Å². The van der Waals surface area contributed by atoms with E-state index in [4.69, 9.17) is 17.3 Å². The first kappa shape index (κ1) is 11.4. The van der Waals surface area contributed by atoms with Crippen LogP contribution in [0.3, 0.4) is 0 Å². The van der Waals surface area contributed by atoms with Crippen LogP contribution in [0.5, 0.6) is 0 Å². The number of rotatable bonds is 1. The molecule has 5 heteroatoms. The van der Waals surface area contributed by atoms with E-state index in [0.29, 0.717) is 10.6 Å². The van der Waals surface area contributed by atoms with E-state index in [1.807, 2.05) is 0 Å². The average Bonchev–Trinajstić information content (AvgIpc) is 2.44. The topological polar surface area (TPSA) is 46.3 Å². The molecule has 0 saturated carbocycles. The molecule has 2 rings (SSSR count). The zero-order valence-corrected chi connectivity index (χ0v) is 9.54. The van der Waals surface area contributed by atoms with Crippen LogP contribution in [0, 0.1) is 5.82 Å². The van der Waals surface area contributed by atoms with Gasteiger partial charge in [-0.05, 0) is 12.1 Å². The number of benzene rings is 1. The van der Waals surface area contributed by atoms with Gasteiger partial charge in [0.15, 0.2) is 0 Å². The van der Waals surface area contributed by atoms with Crippen molar-refractivity contribution in [3.05, 3.63) is 34.6 Å². The normalized spacial score (nSPS) is 25.2. The highest BCUT2D eigenvalue weighted by Crippen LogP contribution is 2.36. The molecule has 0 aromatic heterocycles. The minimum Gasteiger partial charge on any atom is -0.337 e. The largest absolute Gasteiger partial charge is 0.337 e. The summed E-state index contributed by atoms with van der Waals surface area (Å²) < 4.78 is 13.7. The van der Waals surface area contributed by atoms with Gasteiger partial charge in [-0.15, -0.1) is 0 Å². The molecule has 1 saturated heterocycles. The van der Waals surface area contributed by atoms with Gasteiger partial charge in [-0.25, -0.2) is 4.39 Å². The van der Waals surface area contributed by atoms with Gasteiger partial charge in [-0.2, -0.15) is 0 Å². The van der Waals surface area contributed by atoms with E-state index in [1.165, 1.54) is 17.0 Å². The van der Waals surface area contributed by atoms with Gasteiger partial charge >= 0.3 is 0 Å². The lowest BCUT2D eigenvalue weighted by Gasteiger charge is -2.24. The van der Waals surface area contributed by atoms with Crippen LogP contribution >= 0.6 is 11.6 Å². The Bertz CT molecular complexity index is 418. The fourth-order valence-electron chi connectivity index (χ4n) is 2.10. The number of amides is 1. The molecule has 0 radical (unpaired) electrons. The third kappa shape index (κ3) is 1.68. The van der Waals surface area contributed by atoms with Crippen molar-refractivity contribution in [2.45, 2.75) is 18.5 Å². The van der Waals surface area contributed by atoms with Crippen molar-refractivity contribution in [3.63, 3.8) is 0 Å². The van der Waals surface area contributed by atoms with Crippen LogP contribution in [0.25, 0.3) is 0 Å². The SMILES string of the molecule is CN1C(=O)CC(N)C1c1c(F)cccc1Cl. The zero-order chi connectivity index (χ0) is 11.9. The number of hydrogen-bond donors (Lipinski definition) is 1. The van der Waals surface area contributed by atoms with E-state index in [9.17, 15) is 9.18 Å². The van der Waals surface area contributed by atoms with Crippen LogP contribution in [0.4, 0.5) is 4.39 Å². The Balaban J connectivity index is 2.48. The Kier molecular flexibility index (Phi) is 2.86. The number of nitrogens with two attached hydrogens (primary N) is 1. The molecule has 2 atom stereocenters. The van der Waals surface area contributed by atoms with Crippen LogP contribution in [0.1, 0.15) is 18.0 Å². The predicted molar refractivity (Wildman–Crippen MR) is 59.5 cm³/mol. The number of nitrogens with zero attached hydrogens (tertiary/aromatic N) is 1. The van der Waals surface area contributed by atoms with E-state index in [0.717, 1.165) is 0 Å². The van der Waals surface area contributed by atoms with Crippen LogP contribution < -0.4 is 5.73 Å². The lowest BCUT2D eigenvalue weighted by Crippen LogP contribution is -2.31. The van der Waals surface area contributed by atoms with Crippen molar-refractivity contribution in [1.82, 2.24) is 4.90 Å². The molecule has 1 aromatic carbocycles. The fraction of sp³-hybridized carbons (Fsp3) is 0.364. The Labute approximate surface area is 98.0 Å². The average molecular weight is 243 g/mol. The molecule has 86 valence electrons. The molecule has 0 aliphatic carbocycles. The van der Waals surface area contributed by atoms with Crippen LogP contribution in [0.2, 0.25) is 5.02 Å². The number of carbonyl (C=O) groups excluding carboxylic acids is 1. The van der Waals surface area contributed by atoms with Crippen molar-refractivity contribution >= 4 is 17.5 Å². The number of hydrogen-bond acceptors (Lipinski definition) is 2. The summed E-state index contributed by atoms with van der Waals surface area (Å²) >= 11 is 5.95. The summed E-state index contributed by atoms with van der Waals surface area (Å²) in [6.07, 6.45) is 0.228. The Morgan fingerprint density at radius 3 is 2.75 bits per heavy atom. The second kappa shape index (κ2) is 4.03. The summed E-state index contributed by atoms with van der Waals surface area (Å²) in [4.78, 5) is 12.9. The molecule has 1 aliphatic heterocycles. The predicted octanol–water partition coefficient (Wildman–Crippen LogP) is 1.71. The van der Waals surface area contributed by atoms with E-state index in [2.05, 4.69) is 0 Å². The minimum atomic E-state index is -0.471. The monoisotopic (exact) mass is 242 g/mol. The van der Waals surface area contributed by atoms with Gasteiger partial charge in [-0.1, -0.05) is 17.7 Å². The summed E-state index contributed by atoms with van der Waals surface area (Å²) in [6.45, 7) is 0. The Hall–Kier alpha value is -1.13. The molecule has 1 heterocycles. The highest BCUT2D eigenvalue weighted by molar-refractivity contribution is 6.31. The molecular weight excluding hydrogens is 231 g/mol. The van der Waals surface area contributed by atoms with E-state index in [-0.39, 0.29) is 12.3 Å². The van der Waals surface area contributed by atoms with Gasteiger partial charge in [0, 0.05) is 30.1 Å². The molecule has 1 aliphatic rings. The van der Waals surface area contributed by atoms with Gasteiger partial charge in [0.1, 0.15) is 5.82 Å². The van der Waals surface area contributed by atoms with Gasteiger partial charge < -0.3 is 10.6 Å². The van der Waals surface area contributed by atoms with E-state index in [1.54, 1.807) is 13.1 Å². The number of likely N-dealkylation sites (N-methyl/N-ethyl adjacent to an activating group) is 1.